The normalized spacial score (nSPS) is 22.9. The van der Waals surface area contributed by atoms with Crippen LogP contribution in [0.5, 0.6) is 0 Å². The molecule has 1 N–H and O–H groups in total. The van der Waals surface area contributed by atoms with Crippen molar-refractivity contribution >= 4 is 11.6 Å². The lowest BCUT2D eigenvalue weighted by molar-refractivity contribution is 0.197. The minimum Gasteiger partial charge on any atom is -0.314 e. The minimum absolute atomic E-state index is 0.225. The maximum absolute atomic E-state index is 13.3. The Labute approximate surface area is 126 Å². The summed E-state index contributed by atoms with van der Waals surface area (Å²) in [5, 5.41) is 3.85. The first kappa shape index (κ1) is 15.8. The SMILES string of the molecule is CCNC(Cc1ccc(F)c(Cl)c1)C1CCCC1(C)C. The third-order valence-corrected chi connectivity index (χ3v) is 5.02. The van der Waals surface area contributed by atoms with Crippen molar-refractivity contribution in [2.24, 2.45) is 11.3 Å². The van der Waals surface area contributed by atoms with Crippen molar-refractivity contribution in [3.05, 3.63) is 34.6 Å². The zero-order valence-electron chi connectivity index (χ0n) is 12.7. The summed E-state index contributed by atoms with van der Waals surface area (Å²) >= 11 is 5.89. The molecular formula is C17H25ClFN. The van der Waals surface area contributed by atoms with Crippen LogP contribution in [-0.2, 0) is 6.42 Å². The molecule has 1 saturated carbocycles. The fourth-order valence-electron chi connectivity index (χ4n) is 3.64. The van der Waals surface area contributed by atoms with Gasteiger partial charge < -0.3 is 5.32 Å². The van der Waals surface area contributed by atoms with E-state index in [4.69, 9.17) is 11.6 Å². The Morgan fingerprint density at radius 2 is 2.20 bits per heavy atom. The lowest BCUT2D eigenvalue weighted by Crippen LogP contribution is -2.42. The number of benzene rings is 1. The number of hydrogen-bond donors (Lipinski definition) is 1. The Morgan fingerprint density at radius 1 is 1.45 bits per heavy atom. The molecule has 0 radical (unpaired) electrons. The highest BCUT2D eigenvalue weighted by atomic mass is 35.5. The van der Waals surface area contributed by atoms with E-state index < -0.39 is 0 Å². The molecule has 20 heavy (non-hydrogen) atoms. The van der Waals surface area contributed by atoms with Crippen LogP contribution in [-0.4, -0.2) is 12.6 Å². The predicted molar refractivity (Wildman–Crippen MR) is 83.7 cm³/mol. The first-order chi connectivity index (χ1) is 9.44. The Kier molecular flexibility index (Phi) is 5.09. The quantitative estimate of drug-likeness (QED) is 0.821. The van der Waals surface area contributed by atoms with Crippen LogP contribution in [0.15, 0.2) is 18.2 Å². The number of rotatable bonds is 5. The van der Waals surface area contributed by atoms with Gasteiger partial charge in [0, 0.05) is 6.04 Å². The molecule has 1 aromatic rings. The first-order valence-electron chi connectivity index (χ1n) is 7.61. The molecule has 0 bridgehead atoms. The van der Waals surface area contributed by atoms with Gasteiger partial charge in [0.05, 0.1) is 5.02 Å². The number of hydrogen-bond acceptors (Lipinski definition) is 1. The van der Waals surface area contributed by atoms with Crippen molar-refractivity contribution in [3.8, 4) is 0 Å². The Hall–Kier alpha value is -0.600. The molecule has 0 saturated heterocycles. The van der Waals surface area contributed by atoms with Crippen molar-refractivity contribution in [2.75, 3.05) is 6.54 Å². The zero-order chi connectivity index (χ0) is 14.8. The Balaban J connectivity index is 2.14. The molecule has 2 atom stereocenters. The molecule has 1 nitrogen and oxygen atoms in total. The van der Waals surface area contributed by atoms with Crippen LogP contribution in [0.1, 0.15) is 45.6 Å². The summed E-state index contributed by atoms with van der Waals surface area (Å²) in [6, 6.07) is 5.54. The largest absolute Gasteiger partial charge is 0.314 e. The lowest BCUT2D eigenvalue weighted by Gasteiger charge is -2.35. The van der Waals surface area contributed by atoms with Gasteiger partial charge >= 0.3 is 0 Å². The zero-order valence-corrected chi connectivity index (χ0v) is 13.4. The van der Waals surface area contributed by atoms with Gasteiger partial charge in [0.25, 0.3) is 0 Å². The van der Waals surface area contributed by atoms with Crippen molar-refractivity contribution in [3.63, 3.8) is 0 Å². The number of likely N-dealkylation sites (N-methyl/N-ethyl adjacent to an activating group) is 1. The van der Waals surface area contributed by atoms with E-state index in [9.17, 15) is 4.39 Å². The van der Waals surface area contributed by atoms with Gasteiger partial charge in [0.15, 0.2) is 0 Å². The summed E-state index contributed by atoms with van der Waals surface area (Å²) in [6.45, 7) is 7.85. The standard InChI is InChI=1S/C17H25ClFN/c1-4-20-16(13-6-5-9-17(13,2)3)11-12-7-8-15(19)14(18)10-12/h7-8,10,13,16,20H,4-6,9,11H2,1-3H3. The maximum Gasteiger partial charge on any atom is 0.141 e. The summed E-state index contributed by atoms with van der Waals surface area (Å²) in [5.74, 6) is 0.336. The van der Waals surface area contributed by atoms with Gasteiger partial charge in [-0.25, -0.2) is 4.39 Å². The van der Waals surface area contributed by atoms with E-state index in [1.54, 1.807) is 6.07 Å². The van der Waals surface area contributed by atoms with Gasteiger partial charge in [0.2, 0.25) is 0 Å². The highest BCUT2D eigenvalue weighted by Crippen LogP contribution is 2.45. The van der Waals surface area contributed by atoms with Crippen molar-refractivity contribution in [1.29, 1.82) is 0 Å². The highest BCUT2D eigenvalue weighted by Gasteiger charge is 2.39. The smallest absolute Gasteiger partial charge is 0.141 e. The molecule has 0 spiro atoms. The Morgan fingerprint density at radius 3 is 2.75 bits per heavy atom. The second-order valence-electron chi connectivity index (χ2n) is 6.60. The Bertz CT molecular complexity index is 458. The van der Waals surface area contributed by atoms with Crippen LogP contribution in [0.25, 0.3) is 0 Å². The molecule has 1 aromatic carbocycles. The van der Waals surface area contributed by atoms with Crippen LogP contribution in [0.3, 0.4) is 0 Å². The maximum atomic E-state index is 13.3. The van der Waals surface area contributed by atoms with E-state index in [-0.39, 0.29) is 10.8 Å². The summed E-state index contributed by atoms with van der Waals surface area (Å²) < 4.78 is 13.3. The summed E-state index contributed by atoms with van der Waals surface area (Å²) in [7, 11) is 0. The second kappa shape index (κ2) is 6.44. The lowest BCUT2D eigenvalue weighted by atomic mass is 9.76. The van der Waals surface area contributed by atoms with E-state index in [0.717, 1.165) is 18.5 Å². The topological polar surface area (TPSA) is 12.0 Å². The van der Waals surface area contributed by atoms with Crippen molar-refractivity contribution < 1.29 is 4.39 Å². The van der Waals surface area contributed by atoms with E-state index in [2.05, 4.69) is 26.1 Å². The van der Waals surface area contributed by atoms with Crippen LogP contribution in [0.2, 0.25) is 5.02 Å². The summed E-state index contributed by atoms with van der Waals surface area (Å²) in [4.78, 5) is 0. The van der Waals surface area contributed by atoms with Crippen LogP contribution < -0.4 is 5.32 Å². The van der Waals surface area contributed by atoms with Crippen LogP contribution in [0, 0.1) is 17.2 Å². The van der Waals surface area contributed by atoms with Gasteiger partial charge in [0.1, 0.15) is 5.82 Å². The molecular weight excluding hydrogens is 273 g/mol. The minimum atomic E-state index is -0.336. The third kappa shape index (κ3) is 3.53. The van der Waals surface area contributed by atoms with E-state index in [0.29, 0.717) is 17.4 Å². The molecule has 0 amide bonds. The molecule has 0 aliphatic heterocycles. The molecule has 2 rings (SSSR count). The van der Waals surface area contributed by atoms with Gasteiger partial charge in [-0.2, -0.15) is 0 Å². The van der Waals surface area contributed by atoms with Crippen molar-refractivity contribution in [1.82, 2.24) is 5.32 Å². The molecule has 112 valence electrons. The van der Waals surface area contributed by atoms with Gasteiger partial charge in [-0.15, -0.1) is 0 Å². The van der Waals surface area contributed by atoms with Gasteiger partial charge in [-0.1, -0.05) is 44.9 Å². The molecule has 1 fully saturated rings. The molecule has 3 heteroatoms. The fourth-order valence-corrected chi connectivity index (χ4v) is 3.84. The van der Waals surface area contributed by atoms with E-state index in [1.807, 2.05) is 6.07 Å². The third-order valence-electron chi connectivity index (χ3n) is 4.73. The molecule has 0 heterocycles. The molecule has 0 aromatic heterocycles. The van der Waals surface area contributed by atoms with Gasteiger partial charge in [-0.3, -0.25) is 0 Å². The van der Waals surface area contributed by atoms with E-state index in [1.165, 1.54) is 25.3 Å². The average Bonchev–Trinajstić information content (AvgIpc) is 2.73. The average molecular weight is 298 g/mol. The molecule has 1 aliphatic rings. The second-order valence-corrected chi connectivity index (χ2v) is 7.01. The summed E-state index contributed by atoms with van der Waals surface area (Å²) in [5.41, 5.74) is 1.50. The number of halogens is 2. The fraction of sp³-hybridized carbons (Fsp3) is 0.647. The monoisotopic (exact) mass is 297 g/mol. The molecule has 1 aliphatic carbocycles. The molecule has 2 unspecified atom stereocenters. The van der Waals surface area contributed by atoms with Crippen LogP contribution in [0.4, 0.5) is 4.39 Å². The highest BCUT2D eigenvalue weighted by molar-refractivity contribution is 6.30. The van der Waals surface area contributed by atoms with Crippen molar-refractivity contribution in [2.45, 2.75) is 52.5 Å². The first-order valence-corrected chi connectivity index (χ1v) is 7.99. The summed E-state index contributed by atoms with van der Waals surface area (Å²) in [6.07, 6.45) is 4.80. The predicted octanol–water partition coefficient (Wildman–Crippen LogP) is 4.83. The van der Waals surface area contributed by atoms with Gasteiger partial charge in [-0.05, 0) is 54.8 Å². The van der Waals surface area contributed by atoms with E-state index >= 15 is 0 Å². The number of nitrogens with one attached hydrogen (secondary N) is 1. The van der Waals surface area contributed by atoms with Crippen LogP contribution >= 0.6 is 11.6 Å².